The Morgan fingerprint density at radius 1 is 1.30 bits per heavy atom. The van der Waals surface area contributed by atoms with Crippen LogP contribution < -0.4 is 5.32 Å². The van der Waals surface area contributed by atoms with Crippen LogP contribution in [0.5, 0.6) is 0 Å². The van der Waals surface area contributed by atoms with E-state index in [2.05, 4.69) is 22.2 Å². The molecule has 1 N–H and O–H groups in total. The minimum atomic E-state index is -0.283. The van der Waals surface area contributed by atoms with Crippen LogP contribution in [0.15, 0.2) is 30.6 Å². The van der Waals surface area contributed by atoms with Gasteiger partial charge in [-0.15, -0.1) is 11.3 Å². The molecule has 1 atom stereocenters. The molecule has 0 unspecified atom stereocenters. The molecule has 0 saturated carbocycles. The Labute approximate surface area is 162 Å². The number of nitrogens with one attached hydrogen (secondary N) is 1. The average Bonchev–Trinajstić information content (AvgIpc) is 3.05. The van der Waals surface area contributed by atoms with Gasteiger partial charge >= 0.3 is 5.97 Å². The first kappa shape index (κ1) is 17.9. The normalized spacial score (nSPS) is 16.1. The number of esters is 1. The highest BCUT2D eigenvalue weighted by molar-refractivity contribution is 7.19. The van der Waals surface area contributed by atoms with Gasteiger partial charge in [0.15, 0.2) is 0 Å². The summed E-state index contributed by atoms with van der Waals surface area (Å²) in [4.78, 5) is 23.4. The average molecular weight is 382 g/mol. The monoisotopic (exact) mass is 381 g/mol. The number of anilines is 2. The number of hydrogen-bond donors (Lipinski definition) is 1. The molecule has 2 aromatic heterocycles. The fourth-order valence-electron chi connectivity index (χ4n) is 3.47. The van der Waals surface area contributed by atoms with Crippen molar-refractivity contribution >= 4 is 39.0 Å². The second kappa shape index (κ2) is 7.64. The number of aryl methyl sites for hydroxylation is 1. The second-order valence-corrected chi connectivity index (χ2v) is 8.18. The molecule has 0 spiro atoms. The summed E-state index contributed by atoms with van der Waals surface area (Å²) in [7, 11) is 0. The summed E-state index contributed by atoms with van der Waals surface area (Å²) in [6.07, 6.45) is 5.86. The van der Waals surface area contributed by atoms with Crippen LogP contribution in [0.1, 0.15) is 47.5 Å². The van der Waals surface area contributed by atoms with Gasteiger partial charge in [-0.05, 0) is 61.4 Å². The summed E-state index contributed by atoms with van der Waals surface area (Å²) >= 11 is 1.79. The Morgan fingerprint density at radius 2 is 2.11 bits per heavy atom. The van der Waals surface area contributed by atoms with Crippen LogP contribution in [0, 0.1) is 5.92 Å². The smallest absolute Gasteiger partial charge is 0.338 e. The highest BCUT2D eigenvalue weighted by Gasteiger charge is 2.23. The zero-order valence-electron chi connectivity index (χ0n) is 15.6. The van der Waals surface area contributed by atoms with Gasteiger partial charge in [-0.1, -0.05) is 13.8 Å². The fraction of sp³-hybridized carbons (Fsp3) is 0.381. The third kappa shape index (κ3) is 3.67. The molecule has 140 valence electrons. The van der Waals surface area contributed by atoms with Gasteiger partial charge in [0.25, 0.3) is 0 Å². The first-order chi connectivity index (χ1) is 13.2. The van der Waals surface area contributed by atoms with Crippen LogP contribution >= 0.6 is 11.3 Å². The summed E-state index contributed by atoms with van der Waals surface area (Å²) in [5.74, 6) is 1.29. The highest BCUT2D eigenvalue weighted by Crippen LogP contribution is 2.40. The molecule has 2 heterocycles. The van der Waals surface area contributed by atoms with E-state index in [4.69, 9.17) is 4.74 Å². The van der Waals surface area contributed by atoms with Crippen molar-refractivity contribution in [3.63, 3.8) is 0 Å². The van der Waals surface area contributed by atoms with Gasteiger partial charge in [0.2, 0.25) is 0 Å². The Morgan fingerprint density at radius 3 is 2.89 bits per heavy atom. The van der Waals surface area contributed by atoms with Gasteiger partial charge in [-0.2, -0.15) is 0 Å². The van der Waals surface area contributed by atoms with Crippen molar-refractivity contribution in [2.45, 2.75) is 39.5 Å². The van der Waals surface area contributed by atoms with Crippen LogP contribution in [-0.4, -0.2) is 22.5 Å². The number of aromatic nitrogens is 2. The second-order valence-electron chi connectivity index (χ2n) is 7.09. The Kier molecular flexibility index (Phi) is 5.07. The Hall–Kier alpha value is -2.47. The molecule has 27 heavy (non-hydrogen) atoms. The van der Waals surface area contributed by atoms with Gasteiger partial charge in [0.1, 0.15) is 17.0 Å². The van der Waals surface area contributed by atoms with Crippen molar-refractivity contribution in [3.8, 4) is 0 Å². The summed E-state index contributed by atoms with van der Waals surface area (Å²) in [6, 6.07) is 7.34. The molecule has 0 aliphatic heterocycles. The molecule has 4 rings (SSSR count). The van der Waals surface area contributed by atoms with Crippen molar-refractivity contribution in [3.05, 3.63) is 46.6 Å². The van der Waals surface area contributed by atoms with E-state index in [1.165, 1.54) is 16.9 Å². The zero-order chi connectivity index (χ0) is 18.8. The molecule has 0 fully saturated rings. The number of thiophene rings is 1. The van der Waals surface area contributed by atoms with Gasteiger partial charge in [0, 0.05) is 10.6 Å². The molecule has 0 radical (unpaired) electrons. The molecule has 6 heteroatoms. The lowest BCUT2D eigenvalue weighted by Crippen LogP contribution is -2.09. The first-order valence-corrected chi connectivity index (χ1v) is 10.3. The molecule has 0 amide bonds. The van der Waals surface area contributed by atoms with Crippen LogP contribution in [-0.2, 0) is 17.6 Å². The molecular formula is C21H23N3O2S. The number of nitrogens with zero attached hydrogens (tertiary/aromatic N) is 2. The maximum Gasteiger partial charge on any atom is 0.338 e. The largest absolute Gasteiger partial charge is 0.462 e. The van der Waals surface area contributed by atoms with E-state index in [-0.39, 0.29) is 5.97 Å². The van der Waals surface area contributed by atoms with Crippen molar-refractivity contribution in [1.29, 1.82) is 0 Å². The third-order valence-electron chi connectivity index (χ3n) is 4.91. The lowest BCUT2D eigenvalue weighted by atomic mass is 9.89. The summed E-state index contributed by atoms with van der Waals surface area (Å²) in [5, 5.41) is 4.56. The summed E-state index contributed by atoms with van der Waals surface area (Å²) in [6.45, 7) is 4.73. The van der Waals surface area contributed by atoms with E-state index in [1.54, 1.807) is 29.8 Å². The summed E-state index contributed by atoms with van der Waals surface area (Å²) in [5.41, 5.74) is 2.85. The number of hydrogen-bond acceptors (Lipinski definition) is 6. The van der Waals surface area contributed by atoms with Crippen LogP contribution in [0.4, 0.5) is 11.5 Å². The van der Waals surface area contributed by atoms with Crippen molar-refractivity contribution in [2.24, 2.45) is 5.92 Å². The van der Waals surface area contributed by atoms with Crippen molar-refractivity contribution in [1.82, 2.24) is 9.97 Å². The third-order valence-corrected chi connectivity index (χ3v) is 6.07. The van der Waals surface area contributed by atoms with E-state index in [1.807, 2.05) is 19.1 Å². The predicted octanol–water partition coefficient (Wildman–Crippen LogP) is 5.13. The lowest BCUT2D eigenvalue weighted by Gasteiger charge is -2.18. The van der Waals surface area contributed by atoms with E-state index < -0.39 is 0 Å². The highest BCUT2D eigenvalue weighted by atomic mass is 32.1. The number of carbonyl (C=O) groups is 1. The number of carbonyl (C=O) groups excluding carboxylic acids is 1. The SMILES string of the molecule is CCCOC(=O)c1ccc(Nc2ncnc3sc4c(c23)CC[C@H](C)C4)cc1. The Balaban J connectivity index is 1.59. The zero-order valence-corrected chi connectivity index (χ0v) is 16.4. The maximum atomic E-state index is 11.9. The topological polar surface area (TPSA) is 64.1 Å². The van der Waals surface area contributed by atoms with Gasteiger partial charge < -0.3 is 10.1 Å². The number of rotatable bonds is 5. The number of ether oxygens (including phenoxy) is 1. The van der Waals surface area contributed by atoms with E-state index in [0.29, 0.717) is 12.2 Å². The quantitative estimate of drug-likeness (QED) is 0.621. The fourth-order valence-corrected chi connectivity index (χ4v) is 4.82. The molecule has 5 nitrogen and oxygen atoms in total. The predicted molar refractivity (Wildman–Crippen MR) is 109 cm³/mol. The molecule has 0 bridgehead atoms. The van der Waals surface area contributed by atoms with Crippen molar-refractivity contribution in [2.75, 3.05) is 11.9 Å². The number of fused-ring (bicyclic) bond motifs is 3. The molecule has 1 aliphatic carbocycles. The maximum absolute atomic E-state index is 11.9. The van der Waals surface area contributed by atoms with E-state index >= 15 is 0 Å². The Bertz CT molecular complexity index is 965. The summed E-state index contributed by atoms with van der Waals surface area (Å²) < 4.78 is 5.17. The molecule has 0 saturated heterocycles. The molecule has 1 aliphatic rings. The lowest BCUT2D eigenvalue weighted by molar-refractivity contribution is 0.0505. The van der Waals surface area contributed by atoms with Crippen LogP contribution in [0.3, 0.4) is 0 Å². The van der Waals surface area contributed by atoms with E-state index in [0.717, 1.165) is 46.9 Å². The standard InChI is InChI=1S/C21H23N3O2S/c1-3-10-26-21(25)14-5-7-15(8-6-14)24-19-18-16-9-4-13(2)11-17(16)27-20(18)23-12-22-19/h5-8,12-13H,3-4,9-11H2,1-2H3,(H,22,23,24)/t13-/m0/s1. The van der Waals surface area contributed by atoms with E-state index in [9.17, 15) is 4.79 Å². The molecule has 1 aromatic carbocycles. The first-order valence-electron chi connectivity index (χ1n) is 9.45. The van der Waals surface area contributed by atoms with Crippen molar-refractivity contribution < 1.29 is 9.53 Å². The van der Waals surface area contributed by atoms with Crippen LogP contribution in [0.25, 0.3) is 10.2 Å². The van der Waals surface area contributed by atoms with Crippen LogP contribution in [0.2, 0.25) is 0 Å². The minimum Gasteiger partial charge on any atom is -0.462 e. The minimum absolute atomic E-state index is 0.283. The molecular weight excluding hydrogens is 358 g/mol. The van der Waals surface area contributed by atoms with Gasteiger partial charge in [-0.3, -0.25) is 0 Å². The van der Waals surface area contributed by atoms with Gasteiger partial charge in [0.05, 0.1) is 17.6 Å². The van der Waals surface area contributed by atoms with Gasteiger partial charge in [-0.25, -0.2) is 14.8 Å². The number of benzene rings is 1. The molecule has 3 aromatic rings.